The standard InChI is InChI=1S/C47H58F2N10O5/c1-30(60)57-23-19-40-38(29-57)46(58-20-9-10-31-24-36(32-27-50-55(2)28-32)37(45(48)49)26-41(31)58)54-59(40)35-17-21-56(22-18-35)44(63)14-7-5-3-4-6-13-42(61)52-34-12-8-11-33(25-34)51-39-15-16-43(62)53-47(39)64/h8,11-12,24-28,35,39,45,51H,3-7,9-10,13-23,29H2,1-2H3,(H,52,61)(H,53,62,64). The Hall–Kier alpha value is -6.13. The topological polar surface area (TPSA) is 167 Å². The van der Waals surface area contributed by atoms with Crippen molar-refractivity contribution in [1.29, 1.82) is 0 Å². The van der Waals surface area contributed by atoms with E-state index < -0.39 is 12.5 Å². The number of piperidine rings is 2. The normalized spacial score (nSPS) is 17.9. The van der Waals surface area contributed by atoms with E-state index in [2.05, 4.69) is 30.6 Å². The molecule has 0 spiro atoms. The molecule has 0 saturated carbocycles. The summed E-state index contributed by atoms with van der Waals surface area (Å²) in [6.45, 7) is 4.44. The summed E-state index contributed by atoms with van der Waals surface area (Å²) in [7, 11) is 1.77. The summed E-state index contributed by atoms with van der Waals surface area (Å²) < 4.78 is 33.1. The lowest BCUT2D eigenvalue weighted by molar-refractivity contribution is -0.134. The van der Waals surface area contributed by atoms with E-state index in [0.717, 1.165) is 86.1 Å². The van der Waals surface area contributed by atoms with Gasteiger partial charge < -0.3 is 25.3 Å². The molecule has 2 aromatic carbocycles. The van der Waals surface area contributed by atoms with Gasteiger partial charge >= 0.3 is 0 Å². The molecule has 340 valence electrons. The van der Waals surface area contributed by atoms with Gasteiger partial charge in [-0.05, 0) is 86.4 Å². The van der Waals surface area contributed by atoms with Crippen LogP contribution in [0.4, 0.5) is 31.7 Å². The monoisotopic (exact) mass is 880 g/mol. The van der Waals surface area contributed by atoms with Crippen LogP contribution in [0.1, 0.15) is 119 Å². The molecule has 4 aliphatic rings. The van der Waals surface area contributed by atoms with Crippen molar-refractivity contribution in [3.8, 4) is 11.1 Å². The van der Waals surface area contributed by atoms with Gasteiger partial charge in [0.25, 0.3) is 6.43 Å². The minimum Gasteiger partial charge on any atom is -0.374 e. The SMILES string of the molecule is CC(=O)N1CCc2c(c(N3CCCc4cc(-c5cnn(C)c5)c(C(F)F)cc43)nn2C2CCN(C(=O)CCCCCCCC(=O)Nc3cccc(NC4CCC(=O)NC4=O)c3)CC2)C1. The predicted molar refractivity (Wildman–Crippen MR) is 238 cm³/mol. The number of benzene rings is 2. The Bertz CT molecular complexity index is 2390. The summed E-state index contributed by atoms with van der Waals surface area (Å²) in [5, 5.41) is 17.9. The smallest absolute Gasteiger partial charge is 0.264 e. The number of carbonyl (C=O) groups is 5. The molecule has 17 heteroatoms. The fraction of sp³-hybridized carbons (Fsp3) is 0.511. The minimum absolute atomic E-state index is 0.0122. The number of unbranched alkanes of at least 4 members (excludes halogenated alkanes) is 4. The molecule has 5 amide bonds. The van der Waals surface area contributed by atoms with E-state index >= 15 is 0 Å². The molecule has 4 aliphatic heterocycles. The average Bonchev–Trinajstić information content (AvgIpc) is 3.89. The Morgan fingerprint density at radius 3 is 2.39 bits per heavy atom. The number of aryl methyl sites for hydroxylation is 2. The van der Waals surface area contributed by atoms with Crippen LogP contribution in [0, 0.1) is 0 Å². The number of anilines is 4. The molecule has 4 aromatic rings. The van der Waals surface area contributed by atoms with Crippen LogP contribution >= 0.6 is 0 Å². The van der Waals surface area contributed by atoms with Crippen LogP contribution in [0.2, 0.25) is 0 Å². The third-order valence-corrected chi connectivity index (χ3v) is 13.1. The van der Waals surface area contributed by atoms with Gasteiger partial charge in [0.2, 0.25) is 29.5 Å². The molecular formula is C47H58F2N10O5. The first-order valence-electron chi connectivity index (χ1n) is 22.8. The van der Waals surface area contributed by atoms with Crippen molar-refractivity contribution in [1.82, 2.24) is 34.7 Å². The number of fused-ring (bicyclic) bond motifs is 2. The van der Waals surface area contributed by atoms with Gasteiger partial charge in [-0.25, -0.2) is 8.78 Å². The van der Waals surface area contributed by atoms with Crippen LogP contribution in [0.3, 0.4) is 0 Å². The number of rotatable bonds is 15. The molecule has 0 aliphatic carbocycles. The number of likely N-dealkylation sites (tertiary alicyclic amines) is 1. The van der Waals surface area contributed by atoms with Crippen molar-refractivity contribution >= 4 is 52.4 Å². The fourth-order valence-electron chi connectivity index (χ4n) is 9.63. The summed E-state index contributed by atoms with van der Waals surface area (Å²) in [6.07, 6.45) is 10.2. The van der Waals surface area contributed by atoms with Crippen LogP contribution in [-0.2, 0) is 50.4 Å². The third kappa shape index (κ3) is 10.1. The molecule has 1 atom stereocenters. The Labute approximate surface area is 371 Å². The molecule has 8 rings (SSSR count). The summed E-state index contributed by atoms with van der Waals surface area (Å²) in [6, 6.07) is 10.3. The molecule has 3 N–H and O–H groups in total. The maximum absolute atomic E-state index is 14.7. The van der Waals surface area contributed by atoms with Gasteiger partial charge in [-0.3, -0.25) is 38.7 Å². The Kier molecular flexibility index (Phi) is 13.7. The third-order valence-electron chi connectivity index (χ3n) is 13.1. The molecule has 64 heavy (non-hydrogen) atoms. The quantitative estimate of drug-likeness (QED) is 0.0846. The maximum atomic E-state index is 14.7. The molecule has 2 saturated heterocycles. The molecule has 1 unspecified atom stereocenters. The maximum Gasteiger partial charge on any atom is 0.264 e. The minimum atomic E-state index is -2.68. The largest absolute Gasteiger partial charge is 0.374 e. The van der Waals surface area contributed by atoms with Crippen molar-refractivity contribution in [3.63, 3.8) is 0 Å². The van der Waals surface area contributed by atoms with E-state index in [1.54, 1.807) is 55.3 Å². The van der Waals surface area contributed by atoms with Crippen LogP contribution in [0.15, 0.2) is 48.8 Å². The molecule has 15 nitrogen and oxygen atoms in total. The lowest BCUT2D eigenvalue weighted by atomic mass is 9.92. The van der Waals surface area contributed by atoms with E-state index in [9.17, 15) is 32.8 Å². The highest BCUT2D eigenvalue weighted by atomic mass is 19.3. The highest BCUT2D eigenvalue weighted by Gasteiger charge is 2.35. The second-order valence-electron chi connectivity index (χ2n) is 17.6. The van der Waals surface area contributed by atoms with Gasteiger partial charge in [-0.2, -0.15) is 10.2 Å². The van der Waals surface area contributed by atoms with Crippen molar-refractivity contribution in [2.45, 2.75) is 122 Å². The van der Waals surface area contributed by atoms with Gasteiger partial charge in [0, 0.05) is 111 Å². The van der Waals surface area contributed by atoms with Crippen LogP contribution in [0.5, 0.6) is 0 Å². The Balaban J connectivity index is 0.818. The first kappa shape index (κ1) is 44.5. The second kappa shape index (κ2) is 19.7. The van der Waals surface area contributed by atoms with E-state index in [0.29, 0.717) is 80.9 Å². The molecule has 2 aromatic heterocycles. The zero-order valence-corrected chi connectivity index (χ0v) is 36.7. The van der Waals surface area contributed by atoms with Crippen LogP contribution in [0.25, 0.3) is 11.1 Å². The summed E-state index contributed by atoms with van der Waals surface area (Å²) in [5.74, 6) is 0.155. The van der Waals surface area contributed by atoms with E-state index in [4.69, 9.17) is 5.10 Å². The number of hydrogen-bond acceptors (Lipinski definition) is 9. The van der Waals surface area contributed by atoms with E-state index in [1.807, 2.05) is 21.9 Å². The van der Waals surface area contributed by atoms with Crippen molar-refractivity contribution < 1.29 is 32.8 Å². The molecular weight excluding hydrogens is 823 g/mol. The average molecular weight is 881 g/mol. The number of amides is 5. The number of carbonyl (C=O) groups excluding carboxylic acids is 5. The summed E-state index contributed by atoms with van der Waals surface area (Å²) in [5.41, 5.74) is 6.18. The highest BCUT2D eigenvalue weighted by Crippen LogP contribution is 2.44. The number of imide groups is 1. The van der Waals surface area contributed by atoms with Gasteiger partial charge in [-0.15, -0.1) is 0 Å². The summed E-state index contributed by atoms with van der Waals surface area (Å²) >= 11 is 0. The number of hydrogen-bond donors (Lipinski definition) is 3. The Morgan fingerprint density at radius 2 is 1.66 bits per heavy atom. The van der Waals surface area contributed by atoms with Gasteiger partial charge in [0.1, 0.15) is 6.04 Å². The first-order chi connectivity index (χ1) is 30.9. The second-order valence-corrected chi connectivity index (χ2v) is 17.6. The summed E-state index contributed by atoms with van der Waals surface area (Å²) in [4.78, 5) is 68.0. The number of halogens is 2. The van der Waals surface area contributed by atoms with E-state index in [-0.39, 0.29) is 47.6 Å². The van der Waals surface area contributed by atoms with Gasteiger partial charge in [0.15, 0.2) is 5.82 Å². The highest BCUT2D eigenvalue weighted by molar-refractivity contribution is 6.01. The van der Waals surface area contributed by atoms with Crippen molar-refractivity contribution in [3.05, 3.63) is 71.2 Å². The fourth-order valence-corrected chi connectivity index (χ4v) is 9.63. The van der Waals surface area contributed by atoms with Gasteiger partial charge in [-0.1, -0.05) is 25.3 Å². The zero-order chi connectivity index (χ0) is 44.9. The number of nitrogens with zero attached hydrogens (tertiary/aromatic N) is 7. The lowest BCUT2D eigenvalue weighted by Crippen LogP contribution is -2.47. The Morgan fingerprint density at radius 1 is 0.891 bits per heavy atom. The number of aromatic nitrogens is 4. The zero-order valence-electron chi connectivity index (χ0n) is 36.7. The van der Waals surface area contributed by atoms with Crippen molar-refractivity contribution in [2.24, 2.45) is 7.05 Å². The first-order valence-corrected chi connectivity index (χ1v) is 22.8. The van der Waals surface area contributed by atoms with Gasteiger partial charge in [0.05, 0.1) is 18.8 Å². The lowest BCUT2D eigenvalue weighted by Gasteiger charge is -2.34. The predicted octanol–water partition coefficient (Wildman–Crippen LogP) is 6.96. The van der Waals surface area contributed by atoms with E-state index in [1.165, 1.54) is 0 Å². The molecule has 2 fully saturated rings. The number of nitrogens with one attached hydrogen (secondary N) is 3. The van der Waals surface area contributed by atoms with Crippen LogP contribution < -0.4 is 20.9 Å². The molecule has 0 bridgehead atoms. The van der Waals surface area contributed by atoms with Crippen LogP contribution in [-0.4, -0.2) is 91.1 Å². The van der Waals surface area contributed by atoms with Crippen molar-refractivity contribution in [2.75, 3.05) is 41.7 Å². The molecule has 0 radical (unpaired) electrons. The molecule has 6 heterocycles. The number of alkyl halides is 2.